The summed E-state index contributed by atoms with van der Waals surface area (Å²) in [6.07, 6.45) is 3.93. The third-order valence-corrected chi connectivity index (χ3v) is 5.76. The van der Waals surface area contributed by atoms with E-state index in [0.29, 0.717) is 11.6 Å². The van der Waals surface area contributed by atoms with Crippen molar-refractivity contribution in [2.75, 3.05) is 30.4 Å². The van der Waals surface area contributed by atoms with Gasteiger partial charge in [-0.25, -0.2) is 4.39 Å². The Hall–Kier alpha value is -3.19. The van der Waals surface area contributed by atoms with E-state index in [4.69, 9.17) is 4.52 Å². The lowest BCUT2D eigenvalue weighted by Gasteiger charge is -2.37. The number of piperidine rings is 1. The van der Waals surface area contributed by atoms with E-state index in [0.717, 1.165) is 49.5 Å². The standard InChI is InChI=1S/C24H27FN4O2/c1-28(17-21-11-14-31-27-21)22-9-12-29(13-10-22)23-7-5-20(6-8-23)26-24(30)16-18-3-2-4-19(25)15-18/h2-8,11,14-15,22H,9-10,12-13,16-17H2,1H3,(H,26,30). The summed E-state index contributed by atoms with van der Waals surface area (Å²) in [6, 6.07) is 16.5. The summed E-state index contributed by atoms with van der Waals surface area (Å²) in [7, 11) is 2.14. The van der Waals surface area contributed by atoms with Crippen LogP contribution >= 0.6 is 0 Å². The van der Waals surface area contributed by atoms with Gasteiger partial charge in [-0.3, -0.25) is 9.69 Å². The largest absolute Gasteiger partial charge is 0.371 e. The van der Waals surface area contributed by atoms with Gasteiger partial charge in [-0.15, -0.1) is 0 Å². The summed E-state index contributed by atoms with van der Waals surface area (Å²) >= 11 is 0. The second kappa shape index (κ2) is 9.75. The number of hydrogen-bond donors (Lipinski definition) is 1. The molecule has 0 atom stereocenters. The fraction of sp³-hybridized carbons (Fsp3) is 0.333. The lowest BCUT2D eigenvalue weighted by molar-refractivity contribution is -0.115. The Balaban J connectivity index is 1.26. The first-order chi connectivity index (χ1) is 15.1. The van der Waals surface area contributed by atoms with Gasteiger partial charge in [0.25, 0.3) is 0 Å². The predicted molar refractivity (Wildman–Crippen MR) is 118 cm³/mol. The van der Waals surface area contributed by atoms with Crippen molar-refractivity contribution in [1.29, 1.82) is 0 Å². The van der Waals surface area contributed by atoms with Gasteiger partial charge < -0.3 is 14.7 Å². The zero-order valence-electron chi connectivity index (χ0n) is 17.6. The topological polar surface area (TPSA) is 61.6 Å². The average molecular weight is 423 g/mol. The van der Waals surface area contributed by atoms with Gasteiger partial charge in [0.1, 0.15) is 12.1 Å². The fourth-order valence-electron chi connectivity index (χ4n) is 4.06. The van der Waals surface area contributed by atoms with E-state index in [1.807, 2.05) is 30.3 Å². The molecule has 1 saturated heterocycles. The molecule has 0 aliphatic carbocycles. The van der Waals surface area contributed by atoms with Crippen molar-refractivity contribution in [3.63, 3.8) is 0 Å². The normalized spacial score (nSPS) is 14.7. The minimum atomic E-state index is -0.331. The van der Waals surface area contributed by atoms with Gasteiger partial charge in [-0.2, -0.15) is 0 Å². The van der Waals surface area contributed by atoms with Gasteiger partial charge in [-0.05, 0) is 61.9 Å². The molecule has 1 aliphatic heterocycles. The third kappa shape index (κ3) is 5.70. The van der Waals surface area contributed by atoms with Crippen LogP contribution in [0.5, 0.6) is 0 Å². The molecule has 1 N–H and O–H groups in total. The SMILES string of the molecule is CN(Cc1ccon1)C1CCN(c2ccc(NC(=O)Cc3cccc(F)c3)cc2)CC1. The third-order valence-electron chi connectivity index (χ3n) is 5.76. The molecule has 7 heteroatoms. The number of anilines is 2. The highest BCUT2D eigenvalue weighted by atomic mass is 19.1. The molecular weight excluding hydrogens is 395 g/mol. The maximum atomic E-state index is 13.3. The maximum absolute atomic E-state index is 13.3. The number of amides is 1. The quantitative estimate of drug-likeness (QED) is 0.621. The van der Waals surface area contributed by atoms with Crippen molar-refractivity contribution in [3.05, 3.63) is 77.9 Å². The average Bonchev–Trinajstić information content (AvgIpc) is 3.27. The first-order valence-corrected chi connectivity index (χ1v) is 10.6. The van der Waals surface area contributed by atoms with Crippen LogP contribution in [-0.2, 0) is 17.8 Å². The number of aromatic nitrogens is 1. The zero-order valence-corrected chi connectivity index (χ0v) is 17.6. The minimum Gasteiger partial charge on any atom is -0.371 e. The summed E-state index contributed by atoms with van der Waals surface area (Å²) in [5, 5.41) is 6.88. The van der Waals surface area contributed by atoms with Crippen molar-refractivity contribution >= 4 is 17.3 Å². The number of benzene rings is 2. The molecule has 0 unspecified atom stereocenters. The highest BCUT2D eigenvalue weighted by molar-refractivity contribution is 5.92. The Morgan fingerprint density at radius 1 is 1.19 bits per heavy atom. The van der Waals surface area contributed by atoms with Crippen LogP contribution in [0.3, 0.4) is 0 Å². The van der Waals surface area contributed by atoms with Crippen LogP contribution in [0.4, 0.5) is 15.8 Å². The summed E-state index contributed by atoms with van der Waals surface area (Å²) in [5.74, 6) is -0.489. The van der Waals surface area contributed by atoms with E-state index in [1.165, 1.54) is 12.1 Å². The van der Waals surface area contributed by atoms with E-state index >= 15 is 0 Å². The van der Waals surface area contributed by atoms with E-state index in [9.17, 15) is 9.18 Å². The van der Waals surface area contributed by atoms with E-state index in [-0.39, 0.29) is 18.1 Å². The molecule has 0 bridgehead atoms. The van der Waals surface area contributed by atoms with Crippen LogP contribution in [0, 0.1) is 5.82 Å². The molecule has 1 aliphatic rings. The van der Waals surface area contributed by atoms with Crippen LogP contribution in [0.2, 0.25) is 0 Å². The molecule has 31 heavy (non-hydrogen) atoms. The van der Waals surface area contributed by atoms with Crippen LogP contribution < -0.4 is 10.2 Å². The Kier molecular flexibility index (Phi) is 6.62. The molecule has 3 aromatic rings. The highest BCUT2D eigenvalue weighted by Gasteiger charge is 2.23. The van der Waals surface area contributed by atoms with Crippen molar-refractivity contribution in [2.24, 2.45) is 0 Å². The molecule has 2 aromatic carbocycles. The summed E-state index contributed by atoms with van der Waals surface area (Å²) in [5.41, 5.74) is 3.51. The van der Waals surface area contributed by atoms with Gasteiger partial charge in [-0.1, -0.05) is 17.3 Å². The summed E-state index contributed by atoms with van der Waals surface area (Å²) < 4.78 is 18.2. The molecule has 6 nitrogen and oxygen atoms in total. The second-order valence-corrected chi connectivity index (χ2v) is 8.03. The van der Waals surface area contributed by atoms with E-state index in [1.54, 1.807) is 18.4 Å². The van der Waals surface area contributed by atoms with Crippen molar-refractivity contribution in [3.8, 4) is 0 Å². The molecule has 1 amide bonds. The lowest BCUT2D eigenvalue weighted by atomic mass is 10.0. The lowest BCUT2D eigenvalue weighted by Crippen LogP contribution is -2.43. The molecule has 2 heterocycles. The molecule has 1 fully saturated rings. The molecule has 162 valence electrons. The number of nitrogens with zero attached hydrogens (tertiary/aromatic N) is 3. The minimum absolute atomic E-state index is 0.148. The molecule has 1 aromatic heterocycles. The van der Waals surface area contributed by atoms with Gasteiger partial charge >= 0.3 is 0 Å². The number of carbonyl (C=O) groups excluding carboxylic acids is 1. The van der Waals surface area contributed by atoms with Crippen LogP contribution in [0.25, 0.3) is 0 Å². The van der Waals surface area contributed by atoms with E-state index in [2.05, 4.69) is 27.3 Å². The Bertz CT molecular complexity index is 983. The molecule has 0 spiro atoms. The Morgan fingerprint density at radius 2 is 1.97 bits per heavy atom. The number of nitrogens with one attached hydrogen (secondary N) is 1. The molecule has 0 saturated carbocycles. The van der Waals surface area contributed by atoms with Crippen LogP contribution in [0.1, 0.15) is 24.1 Å². The number of halogens is 1. The monoisotopic (exact) mass is 422 g/mol. The summed E-state index contributed by atoms with van der Waals surface area (Å²) in [6.45, 7) is 2.77. The molecule has 0 radical (unpaired) electrons. The smallest absolute Gasteiger partial charge is 0.228 e. The first kappa shape index (κ1) is 21.1. The van der Waals surface area contributed by atoms with Crippen molar-refractivity contribution in [1.82, 2.24) is 10.1 Å². The van der Waals surface area contributed by atoms with Gasteiger partial charge in [0.05, 0.1) is 12.1 Å². The number of hydrogen-bond acceptors (Lipinski definition) is 5. The van der Waals surface area contributed by atoms with Gasteiger partial charge in [0.15, 0.2) is 0 Å². The maximum Gasteiger partial charge on any atom is 0.228 e. The van der Waals surface area contributed by atoms with Crippen molar-refractivity contribution in [2.45, 2.75) is 31.8 Å². The number of rotatable bonds is 7. The second-order valence-electron chi connectivity index (χ2n) is 8.03. The Labute approximate surface area is 181 Å². The number of carbonyl (C=O) groups is 1. The van der Waals surface area contributed by atoms with Crippen LogP contribution in [-0.4, -0.2) is 42.1 Å². The Morgan fingerprint density at radius 3 is 2.65 bits per heavy atom. The zero-order chi connectivity index (χ0) is 21.6. The van der Waals surface area contributed by atoms with Crippen LogP contribution in [0.15, 0.2) is 65.4 Å². The van der Waals surface area contributed by atoms with E-state index < -0.39 is 0 Å². The van der Waals surface area contributed by atoms with Gasteiger partial charge in [0.2, 0.25) is 5.91 Å². The molecular formula is C24H27FN4O2. The fourth-order valence-corrected chi connectivity index (χ4v) is 4.06. The first-order valence-electron chi connectivity index (χ1n) is 10.6. The highest BCUT2D eigenvalue weighted by Crippen LogP contribution is 2.24. The molecule has 4 rings (SSSR count). The summed E-state index contributed by atoms with van der Waals surface area (Å²) in [4.78, 5) is 16.9. The van der Waals surface area contributed by atoms with Crippen molar-refractivity contribution < 1.29 is 13.7 Å². The van der Waals surface area contributed by atoms with Gasteiger partial charge in [0, 0.05) is 43.1 Å². The predicted octanol–water partition coefficient (Wildman–Crippen LogP) is 4.10.